The third kappa shape index (κ3) is 6.00. The largest absolute Gasteiger partial charge is 0.393 e. The normalized spacial score (nSPS) is 22.6. The van der Waals surface area contributed by atoms with E-state index in [2.05, 4.69) is 47.6 Å². The second-order valence-corrected chi connectivity index (χ2v) is 13.5. The van der Waals surface area contributed by atoms with Crippen LogP contribution in [0, 0.1) is 11.8 Å². The second-order valence-electron chi connectivity index (χ2n) is 11.4. The van der Waals surface area contributed by atoms with Gasteiger partial charge in [-0.05, 0) is 44.6 Å². The minimum Gasteiger partial charge on any atom is -0.393 e. The van der Waals surface area contributed by atoms with Crippen LogP contribution in [0.15, 0.2) is 49.3 Å². The maximum Gasteiger partial charge on any atom is 0.272 e. The Morgan fingerprint density at radius 2 is 1.77 bits per heavy atom. The van der Waals surface area contributed by atoms with Crippen LogP contribution in [0.3, 0.4) is 0 Å². The summed E-state index contributed by atoms with van der Waals surface area (Å²) in [6.45, 7) is 0. The van der Waals surface area contributed by atoms with Crippen LogP contribution in [-0.4, -0.2) is 70.8 Å². The quantitative estimate of drug-likeness (QED) is 0.248. The molecule has 0 unspecified atom stereocenters. The maximum absolute atomic E-state index is 13.4. The zero-order valence-corrected chi connectivity index (χ0v) is 24.3. The van der Waals surface area contributed by atoms with Crippen LogP contribution in [0.25, 0.3) is 11.4 Å². The number of aromatic nitrogens is 7. The molecule has 3 saturated carbocycles. The van der Waals surface area contributed by atoms with E-state index in [1.165, 1.54) is 29.5 Å². The highest BCUT2D eigenvalue weighted by Crippen LogP contribution is 2.52. The van der Waals surface area contributed by atoms with Crippen LogP contribution in [-0.2, 0) is 10.0 Å². The summed E-state index contributed by atoms with van der Waals surface area (Å²) in [5.41, 5.74) is 2.31. The molecule has 0 radical (unpaired) electrons. The first-order chi connectivity index (χ1) is 21.1. The fraction of sp³-hybridized carbons (Fsp3) is 0.414. The minimum atomic E-state index is -3.51. The lowest BCUT2D eigenvalue weighted by atomic mass is 9.93. The summed E-state index contributed by atoms with van der Waals surface area (Å²) in [5.74, 6) is 4.60. The summed E-state index contributed by atoms with van der Waals surface area (Å²) >= 11 is 0. The summed E-state index contributed by atoms with van der Waals surface area (Å²) < 4.78 is 54.2. The number of rotatable bonds is 8. The highest BCUT2D eigenvalue weighted by molar-refractivity contribution is 7.90. The first-order valence-corrected chi connectivity index (χ1v) is 15.9. The molecule has 0 amide bonds. The summed E-state index contributed by atoms with van der Waals surface area (Å²) in [6, 6.07) is 2.69. The minimum absolute atomic E-state index is 0.128. The van der Waals surface area contributed by atoms with Gasteiger partial charge in [0.15, 0.2) is 5.82 Å². The molecule has 4 aromatic heterocycles. The number of pyridine rings is 1. The van der Waals surface area contributed by atoms with Gasteiger partial charge in [0.05, 0.1) is 52.3 Å². The molecule has 7 rings (SSSR count). The van der Waals surface area contributed by atoms with E-state index in [1.54, 1.807) is 18.5 Å². The van der Waals surface area contributed by atoms with Crippen LogP contribution in [0.5, 0.6) is 0 Å². The number of alkyl halides is 2. The molecule has 4 aromatic rings. The Kier molecular flexibility index (Phi) is 7.05. The Balaban J connectivity index is 1.12. The lowest BCUT2D eigenvalue weighted by molar-refractivity contribution is 0.0983. The van der Waals surface area contributed by atoms with Gasteiger partial charge in [0, 0.05) is 37.1 Å². The zero-order valence-electron chi connectivity index (χ0n) is 23.4. The third-order valence-electron chi connectivity index (χ3n) is 7.95. The number of aliphatic hydroxyl groups is 1. The molecule has 0 saturated heterocycles. The molecule has 3 aliphatic rings. The van der Waals surface area contributed by atoms with Crippen molar-refractivity contribution in [1.82, 2.24) is 33.9 Å². The SMILES string of the molecule is O=S(=O)(C1CC1)n1cc(-c2nccc(Nc3cc(NC4CCC(O)CC4)c(C#Cc4cnn([C@H]5CC5(F)F)c4)cn3)n2)cn1. The van der Waals surface area contributed by atoms with E-state index < -0.39 is 27.2 Å². The molecule has 12 nitrogen and oxygen atoms in total. The van der Waals surface area contributed by atoms with Crippen LogP contribution in [0.1, 0.15) is 62.1 Å². The second kappa shape index (κ2) is 10.9. The molecular weight excluding hydrogens is 592 g/mol. The van der Waals surface area contributed by atoms with Gasteiger partial charge in [-0.2, -0.15) is 14.3 Å². The van der Waals surface area contributed by atoms with Gasteiger partial charge in [-0.1, -0.05) is 11.8 Å². The monoisotopic (exact) mass is 621 g/mol. The summed E-state index contributed by atoms with van der Waals surface area (Å²) in [4.78, 5) is 13.3. The smallest absolute Gasteiger partial charge is 0.272 e. The van der Waals surface area contributed by atoms with Crippen molar-refractivity contribution in [3.05, 3.63) is 60.4 Å². The first-order valence-electron chi connectivity index (χ1n) is 14.4. The van der Waals surface area contributed by atoms with Gasteiger partial charge in [-0.15, -0.1) is 0 Å². The van der Waals surface area contributed by atoms with Gasteiger partial charge >= 0.3 is 0 Å². The number of nitrogens with one attached hydrogen (secondary N) is 2. The van der Waals surface area contributed by atoms with E-state index in [4.69, 9.17) is 0 Å². The average Bonchev–Trinajstić information content (AvgIpc) is 3.83. The van der Waals surface area contributed by atoms with E-state index in [9.17, 15) is 22.3 Å². The van der Waals surface area contributed by atoms with Crippen LogP contribution in [0.4, 0.5) is 26.1 Å². The lowest BCUT2D eigenvalue weighted by Crippen LogP contribution is -2.28. The van der Waals surface area contributed by atoms with Gasteiger partial charge in [-0.25, -0.2) is 32.2 Å². The molecule has 228 valence electrons. The molecule has 3 N–H and O–H groups in total. The molecule has 3 fully saturated rings. The highest BCUT2D eigenvalue weighted by Gasteiger charge is 2.59. The van der Waals surface area contributed by atoms with Crippen molar-refractivity contribution in [2.75, 3.05) is 10.6 Å². The number of anilines is 3. The predicted octanol–water partition coefficient (Wildman–Crippen LogP) is 3.71. The van der Waals surface area contributed by atoms with E-state index >= 15 is 0 Å². The van der Waals surface area contributed by atoms with Crippen molar-refractivity contribution in [1.29, 1.82) is 0 Å². The zero-order chi connectivity index (χ0) is 30.5. The van der Waals surface area contributed by atoms with E-state index in [0.717, 1.165) is 22.6 Å². The topological polar surface area (TPSA) is 153 Å². The van der Waals surface area contributed by atoms with Crippen molar-refractivity contribution in [3.8, 4) is 23.2 Å². The molecule has 4 heterocycles. The van der Waals surface area contributed by atoms with Crippen molar-refractivity contribution in [2.45, 2.75) is 74.3 Å². The van der Waals surface area contributed by atoms with Crippen LogP contribution >= 0.6 is 0 Å². The van der Waals surface area contributed by atoms with E-state index in [1.807, 2.05) is 6.07 Å². The Hall–Kier alpha value is -4.42. The number of hydrogen-bond acceptors (Lipinski definition) is 10. The van der Waals surface area contributed by atoms with Crippen LogP contribution < -0.4 is 10.6 Å². The number of aliphatic hydroxyl groups excluding tert-OH is 1. The Morgan fingerprint density at radius 1 is 0.977 bits per heavy atom. The predicted molar refractivity (Wildman–Crippen MR) is 157 cm³/mol. The number of halogens is 2. The van der Waals surface area contributed by atoms with Crippen molar-refractivity contribution in [3.63, 3.8) is 0 Å². The number of nitrogens with zero attached hydrogens (tertiary/aromatic N) is 7. The molecule has 3 aliphatic carbocycles. The average molecular weight is 622 g/mol. The maximum atomic E-state index is 13.4. The molecule has 0 aromatic carbocycles. The van der Waals surface area contributed by atoms with Crippen LogP contribution in [0.2, 0.25) is 0 Å². The van der Waals surface area contributed by atoms with Crippen molar-refractivity contribution >= 4 is 27.3 Å². The molecule has 44 heavy (non-hydrogen) atoms. The van der Waals surface area contributed by atoms with Gasteiger partial charge < -0.3 is 15.7 Å². The highest BCUT2D eigenvalue weighted by atomic mass is 32.2. The number of hydrogen-bond donors (Lipinski definition) is 3. The third-order valence-corrected chi connectivity index (χ3v) is 9.99. The van der Waals surface area contributed by atoms with Gasteiger partial charge in [0.25, 0.3) is 15.9 Å². The standard InChI is InChI=1S/C29H29F2N9O3S/c30-29(31)12-25(29)39-16-18(13-34-39)1-2-19-14-33-27(11-24(19)36-21-3-5-22(41)6-4-21)37-26-9-10-32-28(38-26)20-15-35-40(17-20)44(42,43)23-7-8-23/h9-11,13-17,21-23,25,41H,3-8,12H2,(H2,32,33,36,37,38)/t21?,22?,25-/m0/s1. The first kappa shape index (κ1) is 28.4. The van der Waals surface area contributed by atoms with E-state index in [0.29, 0.717) is 59.8 Å². The van der Waals surface area contributed by atoms with Crippen molar-refractivity contribution in [2.24, 2.45) is 0 Å². The summed E-state index contributed by atoms with van der Waals surface area (Å²) in [5, 5.41) is 24.3. The summed E-state index contributed by atoms with van der Waals surface area (Å²) in [6.07, 6.45) is 12.7. The Morgan fingerprint density at radius 3 is 2.52 bits per heavy atom. The fourth-order valence-electron chi connectivity index (χ4n) is 5.16. The summed E-state index contributed by atoms with van der Waals surface area (Å²) in [7, 11) is -3.51. The molecule has 0 aliphatic heterocycles. The lowest BCUT2D eigenvalue weighted by Gasteiger charge is -2.27. The van der Waals surface area contributed by atoms with E-state index in [-0.39, 0.29) is 18.6 Å². The van der Waals surface area contributed by atoms with Gasteiger partial charge in [0.2, 0.25) is 0 Å². The Bertz CT molecular complexity index is 1870. The molecule has 0 spiro atoms. The fourth-order valence-corrected chi connectivity index (χ4v) is 6.63. The molecule has 15 heteroatoms. The molecular formula is C29H29F2N9O3S. The Labute approximate surface area is 252 Å². The van der Waals surface area contributed by atoms with Crippen molar-refractivity contribution < 1.29 is 22.3 Å². The van der Waals surface area contributed by atoms with Gasteiger partial charge in [-0.3, -0.25) is 4.68 Å². The van der Waals surface area contributed by atoms with Gasteiger partial charge in [0.1, 0.15) is 17.7 Å². The molecule has 1 atom stereocenters. The molecule has 0 bridgehead atoms.